The van der Waals surface area contributed by atoms with Crippen LogP contribution in [-0.4, -0.2) is 25.9 Å². The van der Waals surface area contributed by atoms with E-state index in [9.17, 15) is 4.79 Å². The highest BCUT2D eigenvalue weighted by Gasteiger charge is 2.25. The summed E-state index contributed by atoms with van der Waals surface area (Å²) < 4.78 is 4.84. The van der Waals surface area contributed by atoms with Gasteiger partial charge in [0.15, 0.2) is 5.71 Å². The zero-order valence-corrected chi connectivity index (χ0v) is 20.5. The number of ether oxygens (including phenoxy) is 1. The van der Waals surface area contributed by atoms with Crippen LogP contribution in [0.2, 0.25) is 0 Å². The van der Waals surface area contributed by atoms with E-state index in [0.29, 0.717) is 12.8 Å². The number of nitrogens with zero attached hydrogens (tertiary/aromatic N) is 1. The zero-order chi connectivity index (χ0) is 23.5. The molecule has 0 aromatic heterocycles. The first-order chi connectivity index (χ1) is 14.6. The van der Waals surface area contributed by atoms with Crippen LogP contribution in [0, 0.1) is 11.8 Å². The van der Waals surface area contributed by atoms with Gasteiger partial charge in [-0.1, -0.05) is 87.9 Å². The van der Waals surface area contributed by atoms with E-state index < -0.39 is 5.97 Å². The quantitative estimate of drug-likeness (QED) is 0.182. The van der Waals surface area contributed by atoms with Crippen molar-refractivity contribution in [3.63, 3.8) is 0 Å². The first-order valence-corrected chi connectivity index (χ1v) is 10.7. The minimum absolute atomic E-state index is 0.184. The van der Waals surface area contributed by atoms with Crippen LogP contribution in [0.1, 0.15) is 73.8 Å². The van der Waals surface area contributed by atoms with E-state index >= 15 is 0 Å². The second-order valence-corrected chi connectivity index (χ2v) is 5.60. The lowest BCUT2D eigenvalue weighted by atomic mass is 9.85. The van der Waals surface area contributed by atoms with Gasteiger partial charge in [-0.25, -0.2) is 4.79 Å². The maximum absolute atomic E-state index is 12.1. The molecule has 166 valence electrons. The number of methoxy groups -OCH3 is 1. The van der Waals surface area contributed by atoms with Crippen LogP contribution in [0.15, 0.2) is 57.8 Å². The van der Waals surface area contributed by atoms with Gasteiger partial charge in [-0.3, -0.25) is 0 Å². The van der Waals surface area contributed by atoms with Gasteiger partial charge in [0.25, 0.3) is 0 Å². The lowest BCUT2D eigenvalue weighted by molar-refractivity contribution is -0.132. The summed E-state index contributed by atoms with van der Waals surface area (Å²) in [7, 11) is 2.75. The molecule has 2 rings (SSSR count). The van der Waals surface area contributed by atoms with E-state index in [4.69, 9.17) is 9.57 Å². The number of benzene rings is 1. The second-order valence-electron chi connectivity index (χ2n) is 5.60. The van der Waals surface area contributed by atoms with Crippen LogP contribution in [0.5, 0.6) is 0 Å². The highest BCUT2D eigenvalue weighted by molar-refractivity contribution is 6.43. The lowest BCUT2D eigenvalue weighted by Crippen LogP contribution is -2.22. The van der Waals surface area contributed by atoms with Crippen LogP contribution >= 0.6 is 0 Å². The number of esters is 1. The second kappa shape index (κ2) is 18.2. The summed E-state index contributed by atoms with van der Waals surface area (Å²) in [6.45, 7) is 16.1. The van der Waals surface area contributed by atoms with Crippen molar-refractivity contribution < 1.29 is 14.4 Å². The monoisotopic (exact) mass is 413 g/mol. The maximum atomic E-state index is 12.1. The van der Waals surface area contributed by atoms with Gasteiger partial charge in [-0.05, 0) is 32.4 Å². The van der Waals surface area contributed by atoms with Gasteiger partial charge in [0.2, 0.25) is 0 Å². The SMILES string of the molecule is CC.CC.CC.CO/N=C(/C(=O)OC)C1=C(C#Cc2ccccc2)CC(C)=C(C)C1. The van der Waals surface area contributed by atoms with Crippen LogP contribution < -0.4 is 0 Å². The fraction of sp³-hybridized carbons (Fsp3) is 0.462. The van der Waals surface area contributed by atoms with Crippen molar-refractivity contribution in [1.82, 2.24) is 0 Å². The highest BCUT2D eigenvalue weighted by atomic mass is 16.6. The van der Waals surface area contributed by atoms with E-state index in [-0.39, 0.29) is 5.71 Å². The molecule has 0 N–H and O–H groups in total. The topological polar surface area (TPSA) is 47.9 Å². The Hall–Kier alpha value is -2.80. The third-order valence-electron chi connectivity index (χ3n) is 3.96. The maximum Gasteiger partial charge on any atom is 0.360 e. The minimum atomic E-state index is -0.516. The molecule has 0 atom stereocenters. The zero-order valence-electron chi connectivity index (χ0n) is 20.5. The molecule has 0 radical (unpaired) electrons. The van der Waals surface area contributed by atoms with Crippen molar-refractivity contribution in [3.05, 3.63) is 58.2 Å². The number of allylic oxidation sites excluding steroid dienone is 3. The van der Waals surface area contributed by atoms with Gasteiger partial charge in [0, 0.05) is 23.1 Å². The fourth-order valence-electron chi connectivity index (χ4n) is 2.46. The summed E-state index contributed by atoms with van der Waals surface area (Å²) in [6.07, 6.45) is 1.31. The number of carbonyl (C=O) groups is 1. The van der Waals surface area contributed by atoms with Crippen molar-refractivity contribution in [2.75, 3.05) is 14.2 Å². The van der Waals surface area contributed by atoms with E-state index in [2.05, 4.69) is 30.8 Å². The highest BCUT2D eigenvalue weighted by Crippen LogP contribution is 2.30. The summed E-state index contributed by atoms with van der Waals surface area (Å²) in [4.78, 5) is 16.9. The molecule has 0 heterocycles. The van der Waals surface area contributed by atoms with Gasteiger partial charge in [-0.2, -0.15) is 0 Å². The van der Waals surface area contributed by atoms with Crippen LogP contribution in [0.4, 0.5) is 0 Å². The van der Waals surface area contributed by atoms with Gasteiger partial charge < -0.3 is 9.57 Å². The summed E-state index contributed by atoms with van der Waals surface area (Å²) in [5.41, 5.74) is 5.24. The summed E-state index contributed by atoms with van der Waals surface area (Å²) >= 11 is 0. The Kier molecular flexibility index (Phi) is 17.9. The summed E-state index contributed by atoms with van der Waals surface area (Å²) in [5, 5.41) is 3.88. The minimum Gasteiger partial charge on any atom is -0.464 e. The molecule has 30 heavy (non-hydrogen) atoms. The molecule has 0 spiro atoms. The third kappa shape index (κ3) is 9.60. The van der Waals surface area contributed by atoms with Crippen LogP contribution in [0.25, 0.3) is 0 Å². The smallest absolute Gasteiger partial charge is 0.360 e. The molecule has 1 aliphatic rings. The molecule has 4 heteroatoms. The molecule has 1 aromatic rings. The van der Waals surface area contributed by atoms with Crippen molar-refractivity contribution in [2.45, 2.75) is 68.2 Å². The molecule has 4 nitrogen and oxygen atoms in total. The lowest BCUT2D eigenvalue weighted by Gasteiger charge is -2.20. The Morgan fingerprint density at radius 1 is 0.867 bits per heavy atom. The van der Waals surface area contributed by atoms with Gasteiger partial charge in [0.05, 0.1) is 7.11 Å². The predicted octanol–water partition coefficient (Wildman–Crippen LogP) is 6.72. The number of hydrogen-bond acceptors (Lipinski definition) is 4. The first kappa shape index (κ1) is 29.4. The molecule has 0 saturated carbocycles. The Morgan fingerprint density at radius 2 is 1.40 bits per heavy atom. The van der Waals surface area contributed by atoms with Crippen molar-refractivity contribution in [1.29, 1.82) is 0 Å². The van der Waals surface area contributed by atoms with Gasteiger partial charge >= 0.3 is 5.97 Å². The average molecular weight is 414 g/mol. The van der Waals surface area contributed by atoms with Gasteiger partial charge in [0.1, 0.15) is 7.11 Å². The Bertz CT molecular complexity index is 775. The molecule has 1 aromatic carbocycles. The molecule has 0 unspecified atom stereocenters. The number of oxime groups is 1. The summed E-state index contributed by atoms with van der Waals surface area (Å²) in [5.74, 6) is 5.85. The van der Waals surface area contributed by atoms with E-state index in [0.717, 1.165) is 16.7 Å². The van der Waals surface area contributed by atoms with E-state index in [1.807, 2.05) is 71.9 Å². The Balaban J connectivity index is 0. The average Bonchev–Trinajstić information content (AvgIpc) is 2.82. The predicted molar refractivity (Wildman–Crippen MR) is 128 cm³/mol. The van der Waals surface area contributed by atoms with Gasteiger partial charge in [-0.15, -0.1) is 0 Å². The third-order valence-corrected chi connectivity index (χ3v) is 3.96. The number of rotatable bonds is 3. The molecule has 0 fully saturated rings. The first-order valence-electron chi connectivity index (χ1n) is 10.7. The largest absolute Gasteiger partial charge is 0.464 e. The summed E-state index contributed by atoms with van der Waals surface area (Å²) in [6, 6.07) is 9.75. The number of carbonyl (C=O) groups excluding carboxylic acids is 1. The molecule has 1 aliphatic carbocycles. The fourth-order valence-corrected chi connectivity index (χ4v) is 2.46. The van der Waals surface area contributed by atoms with Crippen LogP contribution in [-0.2, 0) is 14.4 Å². The molecule has 0 bridgehead atoms. The Morgan fingerprint density at radius 3 is 1.90 bits per heavy atom. The van der Waals surface area contributed by atoms with E-state index in [1.165, 1.54) is 25.4 Å². The van der Waals surface area contributed by atoms with Crippen molar-refractivity contribution in [3.8, 4) is 11.8 Å². The Labute approximate surface area is 184 Å². The van der Waals surface area contributed by atoms with Crippen molar-refractivity contribution in [2.24, 2.45) is 5.16 Å². The molecule has 0 amide bonds. The number of hydrogen-bond donors (Lipinski definition) is 0. The standard InChI is InChI=1S/C20H21NO3.3C2H6/c1-14-12-17(11-10-16-8-6-5-7-9-16)18(13-15(14)2)19(21-24-4)20(22)23-3;3*1-2/h5-9H,12-13H2,1-4H3;3*1-2H3/b21-19+;;;. The normalized spacial score (nSPS) is 12.5. The van der Waals surface area contributed by atoms with Crippen molar-refractivity contribution >= 4 is 11.7 Å². The van der Waals surface area contributed by atoms with E-state index in [1.54, 1.807) is 0 Å². The molecular weight excluding hydrogens is 374 g/mol. The molecule has 0 saturated heterocycles. The molecular formula is C26H39NO3. The van der Waals surface area contributed by atoms with Crippen LogP contribution in [0.3, 0.4) is 0 Å². The molecule has 0 aliphatic heterocycles.